The molecule has 78 valence electrons. The first-order valence-electron chi connectivity index (χ1n) is 4.45. The topological polar surface area (TPSA) is 25.2 Å². The summed E-state index contributed by atoms with van der Waals surface area (Å²) in [5, 5.41) is 10.1. The molecule has 0 aliphatic heterocycles. The van der Waals surface area contributed by atoms with Crippen LogP contribution in [-0.2, 0) is 6.61 Å². The Morgan fingerprint density at radius 3 is 2.60 bits per heavy atom. The van der Waals surface area contributed by atoms with E-state index in [9.17, 15) is 0 Å². The minimum Gasteiger partial charge on any atom is -0.390 e. The third-order valence-corrected chi connectivity index (χ3v) is 2.92. The third-order valence-electron chi connectivity index (χ3n) is 2.18. The van der Waals surface area contributed by atoms with E-state index in [0.29, 0.717) is 10.0 Å². The number of aliphatic hydroxyl groups excluding tert-OH is 1. The molecule has 0 radical (unpaired) electrons. The Hall–Kier alpha value is -0.960. The number of rotatable bonds is 2. The van der Waals surface area contributed by atoms with E-state index in [-0.39, 0.29) is 6.61 Å². The van der Waals surface area contributed by atoms with Crippen molar-refractivity contribution in [3.63, 3.8) is 0 Å². The molecule has 1 N–H and O–H groups in total. The van der Waals surface area contributed by atoms with Crippen molar-refractivity contribution in [3.8, 4) is 5.69 Å². The fourth-order valence-electron chi connectivity index (χ4n) is 1.43. The number of benzene rings is 1. The molecular weight excluding hydrogens is 233 g/mol. The van der Waals surface area contributed by atoms with Gasteiger partial charge in [-0.05, 0) is 30.3 Å². The lowest BCUT2D eigenvalue weighted by Gasteiger charge is -2.08. The summed E-state index contributed by atoms with van der Waals surface area (Å²) in [5.74, 6) is 0. The standard InChI is InChI=1S/C11H9Cl2NO/c12-10-4-3-8(6-11(10)13)14-5-1-2-9(14)7-15/h1-6,15H,7H2. The van der Waals surface area contributed by atoms with E-state index >= 15 is 0 Å². The maximum absolute atomic E-state index is 9.11. The van der Waals surface area contributed by atoms with Crippen molar-refractivity contribution in [1.29, 1.82) is 0 Å². The average Bonchev–Trinajstić information content (AvgIpc) is 2.70. The van der Waals surface area contributed by atoms with E-state index in [1.807, 2.05) is 29.0 Å². The van der Waals surface area contributed by atoms with E-state index in [1.165, 1.54) is 0 Å². The molecule has 4 heteroatoms. The van der Waals surface area contributed by atoms with Crippen molar-refractivity contribution in [2.24, 2.45) is 0 Å². The maximum Gasteiger partial charge on any atom is 0.0836 e. The zero-order chi connectivity index (χ0) is 10.8. The number of hydrogen-bond donors (Lipinski definition) is 1. The first kappa shape index (κ1) is 10.6. The molecule has 15 heavy (non-hydrogen) atoms. The monoisotopic (exact) mass is 241 g/mol. The zero-order valence-electron chi connectivity index (χ0n) is 7.82. The van der Waals surface area contributed by atoms with E-state index in [2.05, 4.69) is 0 Å². The Morgan fingerprint density at radius 2 is 1.93 bits per heavy atom. The van der Waals surface area contributed by atoms with Crippen LogP contribution in [0.2, 0.25) is 10.0 Å². The maximum atomic E-state index is 9.11. The van der Waals surface area contributed by atoms with Crippen LogP contribution >= 0.6 is 23.2 Å². The number of aromatic nitrogens is 1. The number of aliphatic hydroxyl groups is 1. The molecule has 1 heterocycles. The third kappa shape index (κ3) is 2.02. The van der Waals surface area contributed by atoms with Crippen LogP contribution in [0.3, 0.4) is 0 Å². The van der Waals surface area contributed by atoms with E-state index < -0.39 is 0 Å². The summed E-state index contributed by atoms with van der Waals surface area (Å²) in [4.78, 5) is 0. The molecule has 0 unspecified atom stereocenters. The van der Waals surface area contributed by atoms with Crippen LogP contribution < -0.4 is 0 Å². The number of nitrogens with zero attached hydrogens (tertiary/aromatic N) is 1. The summed E-state index contributed by atoms with van der Waals surface area (Å²) in [7, 11) is 0. The van der Waals surface area contributed by atoms with Gasteiger partial charge in [-0.15, -0.1) is 0 Å². The molecule has 0 bridgehead atoms. The highest BCUT2D eigenvalue weighted by molar-refractivity contribution is 6.42. The Balaban J connectivity index is 2.50. The Kier molecular flexibility index (Phi) is 3.00. The summed E-state index contributed by atoms with van der Waals surface area (Å²) >= 11 is 11.7. The van der Waals surface area contributed by atoms with Crippen molar-refractivity contribution >= 4 is 23.2 Å². The normalized spacial score (nSPS) is 10.6. The molecule has 0 fully saturated rings. The first-order valence-corrected chi connectivity index (χ1v) is 5.20. The van der Waals surface area contributed by atoms with Gasteiger partial charge in [0.1, 0.15) is 0 Å². The Bertz CT molecular complexity index is 479. The largest absolute Gasteiger partial charge is 0.390 e. The van der Waals surface area contributed by atoms with Crippen LogP contribution in [0.25, 0.3) is 5.69 Å². The molecular formula is C11H9Cl2NO. The van der Waals surface area contributed by atoms with Gasteiger partial charge in [-0.25, -0.2) is 0 Å². The van der Waals surface area contributed by atoms with Crippen LogP contribution in [0.4, 0.5) is 0 Å². The second-order valence-corrected chi connectivity index (χ2v) is 3.94. The Labute approximate surface area is 97.7 Å². The second-order valence-electron chi connectivity index (χ2n) is 3.13. The molecule has 2 nitrogen and oxygen atoms in total. The lowest BCUT2D eigenvalue weighted by molar-refractivity contribution is 0.274. The lowest BCUT2D eigenvalue weighted by atomic mass is 10.3. The molecule has 0 spiro atoms. The molecule has 0 aliphatic rings. The molecule has 1 aromatic heterocycles. The highest BCUT2D eigenvalue weighted by atomic mass is 35.5. The summed E-state index contributed by atoms with van der Waals surface area (Å²) in [6.45, 7) is -0.00670. The van der Waals surface area contributed by atoms with Crippen LogP contribution in [0.1, 0.15) is 5.69 Å². The fraction of sp³-hybridized carbons (Fsp3) is 0.0909. The molecule has 1 aromatic carbocycles. The molecule has 0 saturated carbocycles. The van der Waals surface area contributed by atoms with Crippen LogP contribution in [-0.4, -0.2) is 9.67 Å². The molecule has 2 rings (SSSR count). The van der Waals surface area contributed by atoms with Gasteiger partial charge in [0.05, 0.1) is 16.7 Å². The molecule has 0 atom stereocenters. The van der Waals surface area contributed by atoms with Crippen molar-refractivity contribution in [1.82, 2.24) is 4.57 Å². The van der Waals surface area contributed by atoms with Gasteiger partial charge < -0.3 is 9.67 Å². The summed E-state index contributed by atoms with van der Waals surface area (Å²) in [5.41, 5.74) is 1.70. The van der Waals surface area contributed by atoms with Gasteiger partial charge in [-0.1, -0.05) is 23.2 Å². The highest BCUT2D eigenvalue weighted by Gasteiger charge is 2.04. The van der Waals surface area contributed by atoms with Gasteiger partial charge in [0, 0.05) is 17.6 Å². The van der Waals surface area contributed by atoms with Crippen LogP contribution in [0.5, 0.6) is 0 Å². The van der Waals surface area contributed by atoms with E-state index in [1.54, 1.807) is 12.1 Å². The minimum atomic E-state index is -0.00670. The van der Waals surface area contributed by atoms with Gasteiger partial charge in [0.25, 0.3) is 0 Å². The van der Waals surface area contributed by atoms with Crippen molar-refractivity contribution in [2.75, 3.05) is 0 Å². The minimum absolute atomic E-state index is 0.00670. The predicted octanol–water partition coefficient (Wildman–Crippen LogP) is 3.28. The number of halogens is 2. The lowest BCUT2D eigenvalue weighted by Crippen LogP contribution is -1.98. The zero-order valence-corrected chi connectivity index (χ0v) is 9.33. The quantitative estimate of drug-likeness (QED) is 0.858. The summed E-state index contributed by atoms with van der Waals surface area (Å²) in [6.07, 6.45) is 1.87. The number of hydrogen-bond acceptors (Lipinski definition) is 1. The van der Waals surface area contributed by atoms with Gasteiger partial charge in [0.15, 0.2) is 0 Å². The van der Waals surface area contributed by atoms with Crippen LogP contribution in [0, 0.1) is 0 Å². The summed E-state index contributed by atoms with van der Waals surface area (Å²) < 4.78 is 1.86. The summed E-state index contributed by atoms with van der Waals surface area (Å²) in [6, 6.07) is 9.08. The SMILES string of the molecule is OCc1cccn1-c1ccc(Cl)c(Cl)c1. The molecule has 0 aliphatic carbocycles. The highest BCUT2D eigenvalue weighted by Crippen LogP contribution is 2.25. The van der Waals surface area contributed by atoms with Crippen molar-refractivity contribution < 1.29 is 5.11 Å². The molecule has 2 aromatic rings. The fourth-order valence-corrected chi connectivity index (χ4v) is 1.72. The van der Waals surface area contributed by atoms with Gasteiger partial charge in [-0.3, -0.25) is 0 Å². The molecule has 0 saturated heterocycles. The Morgan fingerprint density at radius 1 is 1.13 bits per heavy atom. The molecule has 0 amide bonds. The van der Waals surface area contributed by atoms with E-state index in [4.69, 9.17) is 28.3 Å². The van der Waals surface area contributed by atoms with Crippen molar-refractivity contribution in [2.45, 2.75) is 6.61 Å². The predicted molar refractivity (Wildman–Crippen MR) is 61.7 cm³/mol. The van der Waals surface area contributed by atoms with E-state index in [0.717, 1.165) is 11.4 Å². The smallest absolute Gasteiger partial charge is 0.0836 e. The average molecular weight is 242 g/mol. The first-order chi connectivity index (χ1) is 7.22. The van der Waals surface area contributed by atoms with Crippen molar-refractivity contribution in [3.05, 3.63) is 52.3 Å². The second kappa shape index (κ2) is 4.27. The van der Waals surface area contributed by atoms with Gasteiger partial charge in [-0.2, -0.15) is 0 Å². The van der Waals surface area contributed by atoms with Gasteiger partial charge >= 0.3 is 0 Å². The van der Waals surface area contributed by atoms with Gasteiger partial charge in [0.2, 0.25) is 0 Å². The van der Waals surface area contributed by atoms with Crippen LogP contribution in [0.15, 0.2) is 36.5 Å².